The molecule has 0 heterocycles. The van der Waals surface area contributed by atoms with E-state index in [-0.39, 0.29) is 18.0 Å². The largest absolute Gasteiger partial charge is 0.493 e. The van der Waals surface area contributed by atoms with Crippen LogP contribution >= 0.6 is 0 Å². The van der Waals surface area contributed by atoms with Crippen LogP contribution in [0.25, 0.3) is 0 Å². The summed E-state index contributed by atoms with van der Waals surface area (Å²) in [5.74, 6) is 1.54. The summed E-state index contributed by atoms with van der Waals surface area (Å²) in [5.41, 5.74) is 1.18. The third-order valence-corrected chi connectivity index (χ3v) is 4.21. The third kappa shape index (κ3) is 6.26. The molecular formula is C21H26N2O5. The average Bonchev–Trinajstić information content (AvgIpc) is 2.67. The van der Waals surface area contributed by atoms with Gasteiger partial charge < -0.3 is 14.8 Å². The maximum atomic E-state index is 12.2. The van der Waals surface area contributed by atoms with Gasteiger partial charge in [-0.25, -0.2) is 0 Å². The summed E-state index contributed by atoms with van der Waals surface area (Å²) in [6, 6.07) is 11.7. The molecule has 0 aromatic heterocycles. The summed E-state index contributed by atoms with van der Waals surface area (Å²) in [4.78, 5) is 22.8. The van der Waals surface area contributed by atoms with E-state index in [9.17, 15) is 14.9 Å². The van der Waals surface area contributed by atoms with Crippen molar-refractivity contribution in [1.82, 2.24) is 5.32 Å². The molecule has 2 rings (SSSR count). The number of nitrogens with one attached hydrogen (secondary N) is 1. The number of carbonyl (C=O) groups excluding carboxylic acids is 1. The summed E-state index contributed by atoms with van der Waals surface area (Å²) >= 11 is 0. The number of carbonyl (C=O) groups is 1. The Bertz CT molecular complexity index is 820. The van der Waals surface area contributed by atoms with Gasteiger partial charge in [-0.3, -0.25) is 14.9 Å². The van der Waals surface area contributed by atoms with Gasteiger partial charge in [0.25, 0.3) is 5.69 Å². The summed E-state index contributed by atoms with van der Waals surface area (Å²) in [5, 5.41) is 13.8. The van der Waals surface area contributed by atoms with Crippen molar-refractivity contribution in [2.45, 2.75) is 33.2 Å². The number of ether oxygens (including phenoxy) is 2. The molecule has 150 valence electrons. The molecule has 2 aromatic rings. The molecule has 0 aliphatic rings. The molecule has 1 amide bonds. The van der Waals surface area contributed by atoms with Crippen LogP contribution < -0.4 is 14.8 Å². The Morgan fingerprint density at radius 2 is 1.93 bits per heavy atom. The summed E-state index contributed by atoms with van der Waals surface area (Å²) in [6.07, 6.45) is 0.900. The van der Waals surface area contributed by atoms with Crippen molar-refractivity contribution in [1.29, 1.82) is 0 Å². The van der Waals surface area contributed by atoms with Crippen LogP contribution in [0.15, 0.2) is 42.5 Å². The number of benzene rings is 2. The second-order valence-corrected chi connectivity index (χ2v) is 6.86. The van der Waals surface area contributed by atoms with Crippen LogP contribution in [0.2, 0.25) is 0 Å². The number of para-hydroxylation sites is 1. The maximum absolute atomic E-state index is 12.2. The molecule has 1 N–H and O–H groups in total. The Morgan fingerprint density at radius 1 is 1.18 bits per heavy atom. The van der Waals surface area contributed by atoms with Crippen LogP contribution in [0.1, 0.15) is 31.4 Å². The Kier molecular flexibility index (Phi) is 7.80. The zero-order valence-corrected chi connectivity index (χ0v) is 16.4. The monoisotopic (exact) mass is 386 g/mol. The molecule has 0 atom stereocenters. The predicted octanol–water partition coefficient (Wildman–Crippen LogP) is 3.89. The van der Waals surface area contributed by atoms with Crippen LogP contribution in [0.5, 0.6) is 11.5 Å². The predicted molar refractivity (Wildman–Crippen MR) is 107 cm³/mol. The summed E-state index contributed by atoms with van der Waals surface area (Å²) in [7, 11) is 1.57. The van der Waals surface area contributed by atoms with Crippen molar-refractivity contribution >= 4 is 11.6 Å². The van der Waals surface area contributed by atoms with Crippen LogP contribution in [0.4, 0.5) is 5.69 Å². The fraction of sp³-hybridized carbons (Fsp3) is 0.381. The number of nitrogens with zero attached hydrogens (tertiary/aromatic N) is 1. The molecule has 0 aliphatic heterocycles. The fourth-order valence-electron chi connectivity index (χ4n) is 2.62. The van der Waals surface area contributed by atoms with Gasteiger partial charge in [-0.15, -0.1) is 0 Å². The first-order chi connectivity index (χ1) is 13.4. The Morgan fingerprint density at radius 3 is 2.61 bits per heavy atom. The molecule has 7 heteroatoms. The van der Waals surface area contributed by atoms with Gasteiger partial charge in [0.05, 0.1) is 25.1 Å². The second kappa shape index (κ2) is 10.3. The lowest BCUT2D eigenvalue weighted by atomic mass is 10.1. The number of amides is 1. The lowest BCUT2D eigenvalue weighted by Crippen LogP contribution is -2.24. The van der Waals surface area contributed by atoms with E-state index in [4.69, 9.17) is 9.47 Å². The summed E-state index contributed by atoms with van der Waals surface area (Å²) in [6.45, 7) is 5.18. The average molecular weight is 386 g/mol. The van der Waals surface area contributed by atoms with Crippen molar-refractivity contribution in [3.8, 4) is 11.5 Å². The van der Waals surface area contributed by atoms with Gasteiger partial charge >= 0.3 is 0 Å². The van der Waals surface area contributed by atoms with Gasteiger partial charge in [-0.2, -0.15) is 0 Å². The highest BCUT2D eigenvalue weighted by atomic mass is 16.6. The van der Waals surface area contributed by atoms with E-state index in [1.165, 1.54) is 6.07 Å². The molecule has 0 bridgehead atoms. The van der Waals surface area contributed by atoms with Crippen LogP contribution in [-0.4, -0.2) is 24.5 Å². The van der Waals surface area contributed by atoms with E-state index in [1.807, 2.05) is 18.2 Å². The van der Waals surface area contributed by atoms with Gasteiger partial charge in [-0.1, -0.05) is 38.1 Å². The van der Waals surface area contributed by atoms with E-state index >= 15 is 0 Å². The molecule has 0 aliphatic carbocycles. The quantitative estimate of drug-likeness (QED) is 0.494. The molecule has 0 unspecified atom stereocenters. The molecule has 0 fully saturated rings. The fourth-order valence-corrected chi connectivity index (χ4v) is 2.62. The minimum absolute atomic E-state index is 0.0509. The SMILES string of the molecule is COc1cc(CNC(=O)Cc2ccccc2[N+](=O)[O-])ccc1OCCC(C)C. The van der Waals surface area contributed by atoms with Gasteiger partial charge in [0.15, 0.2) is 11.5 Å². The first kappa shape index (κ1) is 21.2. The van der Waals surface area contributed by atoms with Gasteiger partial charge in [0.1, 0.15) is 0 Å². The standard InChI is InChI=1S/C21H26N2O5/c1-15(2)10-11-28-19-9-8-16(12-20(19)27-3)14-22-21(24)13-17-6-4-5-7-18(17)23(25)26/h4-9,12,15H,10-11,13-14H2,1-3H3,(H,22,24). The second-order valence-electron chi connectivity index (χ2n) is 6.86. The van der Waals surface area contributed by atoms with Crippen molar-refractivity contribution in [2.24, 2.45) is 5.92 Å². The van der Waals surface area contributed by atoms with Gasteiger partial charge in [-0.05, 0) is 30.0 Å². The molecular weight excluding hydrogens is 360 g/mol. The van der Waals surface area contributed by atoms with E-state index in [0.717, 1.165) is 12.0 Å². The highest BCUT2D eigenvalue weighted by Gasteiger charge is 2.15. The first-order valence-corrected chi connectivity index (χ1v) is 9.19. The van der Waals surface area contributed by atoms with Crippen LogP contribution in [0.3, 0.4) is 0 Å². The Labute approximate surface area is 164 Å². The zero-order valence-electron chi connectivity index (χ0n) is 16.4. The highest BCUT2D eigenvalue weighted by molar-refractivity contribution is 5.79. The molecule has 7 nitrogen and oxygen atoms in total. The minimum Gasteiger partial charge on any atom is -0.493 e. The van der Waals surface area contributed by atoms with Crippen molar-refractivity contribution < 1.29 is 19.2 Å². The Hall–Kier alpha value is -3.09. The van der Waals surface area contributed by atoms with E-state index in [2.05, 4.69) is 19.2 Å². The molecule has 0 saturated carbocycles. The number of rotatable bonds is 10. The van der Waals surface area contributed by atoms with Crippen LogP contribution in [0, 0.1) is 16.0 Å². The van der Waals surface area contributed by atoms with Crippen molar-refractivity contribution in [2.75, 3.05) is 13.7 Å². The van der Waals surface area contributed by atoms with Crippen molar-refractivity contribution in [3.05, 3.63) is 63.7 Å². The molecule has 0 spiro atoms. The number of hydrogen-bond donors (Lipinski definition) is 1. The topological polar surface area (TPSA) is 90.7 Å². The van der Waals surface area contributed by atoms with Gasteiger partial charge in [0, 0.05) is 18.2 Å². The highest BCUT2D eigenvalue weighted by Crippen LogP contribution is 2.28. The molecule has 0 saturated heterocycles. The van der Waals surface area contributed by atoms with Crippen LogP contribution in [-0.2, 0) is 17.8 Å². The lowest BCUT2D eigenvalue weighted by molar-refractivity contribution is -0.385. The third-order valence-electron chi connectivity index (χ3n) is 4.21. The number of methoxy groups -OCH3 is 1. The van der Waals surface area contributed by atoms with Crippen molar-refractivity contribution in [3.63, 3.8) is 0 Å². The van der Waals surface area contributed by atoms with E-state index in [0.29, 0.717) is 36.1 Å². The maximum Gasteiger partial charge on any atom is 0.273 e. The molecule has 0 radical (unpaired) electrons. The lowest BCUT2D eigenvalue weighted by Gasteiger charge is -2.13. The number of nitro benzene ring substituents is 1. The Balaban J connectivity index is 1.95. The zero-order chi connectivity index (χ0) is 20.5. The number of nitro groups is 1. The van der Waals surface area contributed by atoms with Gasteiger partial charge in [0.2, 0.25) is 5.91 Å². The smallest absolute Gasteiger partial charge is 0.273 e. The number of hydrogen-bond acceptors (Lipinski definition) is 5. The van der Waals surface area contributed by atoms with E-state index in [1.54, 1.807) is 25.3 Å². The molecule has 28 heavy (non-hydrogen) atoms. The normalized spacial score (nSPS) is 10.6. The van der Waals surface area contributed by atoms with E-state index < -0.39 is 4.92 Å². The first-order valence-electron chi connectivity index (χ1n) is 9.19. The summed E-state index contributed by atoms with van der Waals surface area (Å²) < 4.78 is 11.1. The molecule has 2 aromatic carbocycles. The minimum atomic E-state index is -0.481.